The molecule has 0 bridgehead atoms. The maximum absolute atomic E-state index is 14.1. The SMILES string of the molecule is CC(C)(C)OC(=O)NCCCC[C@H](NC1(CNC(=O)OCC2c3ccccc3-c3ccccc32)COC1)C(=O)N[C@@H](Cc1ccccc1)C(=O)OC(C)(C)C. The van der Waals surface area contributed by atoms with Crippen LogP contribution in [0.2, 0.25) is 0 Å². The summed E-state index contributed by atoms with van der Waals surface area (Å²) in [6.07, 6.45) is 0.675. The lowest BCUT2D eigenvalue weighted by atomic mass is 9.94. The summed E-state index contributed by atoms with van der Waals surface area (Å²) in [7, 11) is 0. The van der Waals surface area contributed by atoms with Gasteiger partial charge in [-0.2, -0.15) is 0 Å². The van der Waals surface area contributed by atoms with Crippen LogP contribution in [0.15, 0.2) is 78.9 Å². The van der Waals surface area contributed by atoms with Gasteiger partial charge in [0.05, 0.1) is 24.8 Å². The molecule has 0 spiro atoms. The normalized spacial score (nSPS) is 15.7. The number of amides is 3. The van der Waals surface area contributed by atoms with Gasteiger partial charge in [0, 0.05) is 25.4 Å². The zero-order valence-corrected chi connectivity index (χ0v) is 32.9. The molecule has 0 aromatic heterocycles. The third-order valence-corrected chi connectivity index (χ3v) is 9.35. The molecule has 296 valence electrons. The summed E-state index contributed by atoms with van der Waals surface area (Å²) in [5, 5.41) is 12.1. The first-order valence-corrected chi connectivity index (χ1v) is 19.1. The number of alkyl carbamates (subject to hydrolysis) is 2. The number of nitrogens with one attached hydrogen (secondary N) is 4. The molecule has 2 aliphatic rings. The molecule has 5 rings (SSSR count). The quantitative estimate of drug-likeness (QED) is 0.0782. The smallest absolute Gasteiger partial charge is 0.407 e. The van der Waals surface area contributed by atoms with Gasteiger partial charge in [0.15, 0.2) is 0 Å². The van der Waals surface area contributed by atoms with Crippen molar-refractivity contribution in [3.63, 3.8) is 0 Å². The molecule has 12 heteroatoms. The first-order valence-electron chi connectivity index (χ1n) is 19.1. The maximum atomic E-state index is 14.1. The zero-order chi connectivity index (χ0) is 39.6. The van der Waals surface area contributed by atoms with Crippen molar-refractivity contribution in [2.45, 2.75) is 102 Å². The van der Waals surface area contributed by atoms with E-state index >= 15 is 0 Å². The summed E-state index contributed by atoms with van der Waals surface area (Å²) < 4.78 is 22.4. The van der Waals surface area contributed by atoms with E-state index in [1.54, 1.807) is 41.5 Å². The van der Waals surface area contributed by atoms with Crippen LogP contribution in [0.1, 0.15) is 83.4 Å². The highest BCUT2D eigenvalue weighted by Gasteiger charge is 2.43. The second-order valence-corrected chi connectivity index (χ2v) is 16.4. The third-order valence-electron chi connectivity index (χ3n) is 9.35. The fourth-order valence-corrected chi connectivity index (χ4v) is 6.78. The second kappa shape index (κ2) is 18.1. The van der Waals surface area contributed by atoms with Crippen molar-refractivity contribution in [1.29, 1.82) is 0 Å². The molecule has 1 fully saturated rings. The Morgan fingerprint density at radius 3 is 1.93 bits per heavy atom. The van der Waals surface area contributed by atoms with Crippen molar-refractivity contribution in [1.82, 2.24) is 21.3 Å². The van der Waals surface area contributed by atoms with E-state index in [0.29, 0.717) is 25.8 Å². The molecule has 0 radical (unpaired) electrons. The number of fused-ring (bicyclic) bond motifs is 3. The number of ether oxygens (including phenoxy) is 4. The third kappa shape index (κ3) is 12.0. The molecular formula is C43H56N4O8. The minimum Gasteiger partial charge on any atom is -0.458 e. The highest BCUT2D eigenvalue weighted by molar-refractivity contribution is 5.88. The van der Waals surface area contributed by atoms with Gasteiger partial charge < -0.3 is 34.9 Å². The summed E-state index contributed by atoms with van der Waals surface area (Å²) in [6, 6.07) is 24.0. The molecular weight excluding hydrogens is 700 g/mol. The van der Waals surface area contributed by atoms with Crippen LogP contribution in [0.5, 0.6) is 0 Å². The average Bonchev–Trinajstić information content (AvgIpc) is 3.43. The van der Waals surface area contributed by atoms with Crippen LogP contribution in [0.4, 0.5) is 9.59 Å². The van der Waals surface area contributed by atoms with Crippen LogP contribution in [-0.4, -0.2) is 85.8 Å². The minimum absolute atomic E-state index is 0.0797. The van der Waals surface area contributed by atoms with E-state index in [-0.39, 0.29) is 44.6 Å². The Kier molecular flexibility index (Phi) is 13.6. The van der Waals surface area contributed by atoms with Crippen molar-refractivity contribution in [2.75, 3.05) is 32.9 Å². The Bertz CT molecular complexity index is 1740. The lowest BCUT2D eigenvalue weighted by Crippen LogP contribution is -2.70. The number of hydrogen-bond acceptors (Lipinski definition) is 9. The molecule has 3 aromatic rings. The van der Waals surface area contributed by atoms with Crippen molar-refractivity contribution in [3.8, 4) is 11.1 Å². The summed E-state index contributed by atoms with van der Waals surface area (Å²) in [5.41, 5.74) is 3.26. The summed E-state index contributed by atoms with van der Waals surface area (Å²) in [5.74, 6) is -1.01. The summed E-state index contributed by atoms with van der Waals surface area (Å²) >= 11 is 0. The predicted octanol–water partition coefficient (Wildman–Crippen LogP) is 6.02. The Morgan fingerprint density at radius 2 is 1.35 bits per heavy atom. The Hall–Kier alpha value is -4.94. The number of unbranched alkanes of at least 4 members (excludes halogenated alkanes) is 1. The predicted molar refractivity (Wildman–Crippen MR) is 210 cm³/mol. The van der Waals surface area contributed by atoms with E-state index in [1.807, 2.05) is 54.6 Å². The summed E-state index contributed by atoms with van der Waals surface area (Å²) in [6.45, 7) is 11.9. The largest absolute Gasteiger partial charge is 0.458 e. The second-order valence-electron chi connectivity index (χ2n) is 16.4. The van der Waals surface area contributed by atoms with E-state index in [0.717, 1.165) is 27.8 Å². The van der Waals surface area contributed by atoms with Crippen molar-refractivity contribution in [3.05, 3.63) is 95.6 Å². The van der Waals surface area contributed by atoms with E-state index < -0.39 is 47.0 Å². The van der Waals surface area contributed by atoms with Crippen molar-refractivity contribution in [2.24, 2.45) is 0 Å². The number of esters is 1. The molecule has 55 heavy (non-hydrogen) atoms. The standard InChI is InChI=1S/C43H56N4O8/c1-41(2,3)54-38(49)36(24-29-16-8-7-9-17-29)46-37(48)35(22-14-15-23-44-40(51)55-42(4,5)6)47-43(27-52-28-43)26-45-39(50)53-25-34-32-20-12-10-18-30(32)31-19-11-13-21-33(31)34/h7-13,16-21,34-36,47H,14-15,22-28H2,1-6H3,(H,44,51)(H,45,50)(H,46,48)/t35-,36-/m0/s1. The van der Waals surface area contributed by atoms with Gasteiger partial charge in [-0.15, -0.1) is 0 Å². The zero-order valence-electron chi connectivity index (χ0n) is 32.9. The molecule has 3 aromatic carbocycles. The fraction of sp³-hybridized carbons (Fsp3) is 0.488. The van der Waals surface area contributed by atoms with E-state index in [2.05, 4.69) is 45.5 Å². The highest BCUT2D eigenvalue weighted by Crippen LogP contribution is 2.44. The molecule has 3 amide bonds. The fourth-order valence-electron chi connectivity index (χ4n) is 6.78. The Balaban J connectivity index is 1.23. The Morgan fingerprint density at radius 1 is 0.745 bits per heavy atom. The van der Waals surface area contributed by atoms with Gasteiger partial charge in [0.1, 0.15) is 23.9 Å². The lowest BCUT2D eigenvalue weighted by molar-refractivity contribution is -0.159. The van der Waals surface area contributed by atoms with Crippen molar-refractivity contribution >= 4 is 24.1 Å². The maximum Gasteiger partial charge on any atom is 0.407 e. The van der Waals surface area contributed by atoms with E-state index in [9.17, 15) is 19.2 Å². The van der Waals surface area contributed by atoms with Gasteiger partial charge in [-0.1, -0.05) is 78.9 Å². The molecule has 0 unspecified atom stereocenters. The monoisotopic (exact) mass is 756 g/mol. The van der Waals surface area contributed by atoms with Crippen LogP contribution < -0.4 is 21.3 Å². The van der Waals surface area contributed by atoms with Gasteiger partial charge in [0.25, 0.3) is 0 Å². The van der Waals surface area contributed by atoms with E-state index in [4.69, 9.17) is 18.9 Å². The van der Waals surface area contributed by atoms with Gasteiger partial charge in [0.2, 0.25) is 5.91 Å². The first-order chi connectivity index (χ1) is 26.1. The van der Waals surface area contributed by atoms with Crippen LogP contribution in [0.25, 0.3) is 11.1 Å². The number of hydrogen-bond donors (Lipinski definition) is 4. The molecule has 12 nitrogen and oxygen atoms in total. The van der Waals surface area contributed by atoms with Crippen LogP contribution in [-0.2, 0) is 35.0 Å². The highest BCUT2D eigenvalue weighted by atomic mass is 16.6. The lowest BCUT2D eigenvalue weighted by Gasteiger charge is -2.44. The van der Waals surface area contributed by atoms with E-state index in [1.165, 1.54) is 0 Å². The van der Waals surface area contributed by atoms with Crippen LogP contribution in [0.3, 0.4) is 0 Å². The van der Waals surface area contributed by atoms with Gasteiger partial charge >= 0.3 is 18.2 Å². The molecule has 0 saturated carbocycles. The molecule has 1 aliphatic heterocycles. The number of rotatable bonds is 16. The minimum atomic E-state index is -0.945. The first kappa shape index (κ1) is 41.2. The van der Waals surface area contributed by atoms with Crippen molar-refractivity contribution < 1.29 is 38.1 Å². The Labute approximate surface area is 324 Å². The number of carbonyl (C=O) groups excluding carboxylic acids is 4. The van der Waals surface area contributed by atoms with Crippen LogP contribution >= 0.6 is 0 Å². The van der Waals surface area contributed by atoms with Gasteiger partial charge in [-0.25, -0.2) is 14.4 Å². The topological polar surface area (TPSA) is 153 Å². The average molecular weight is 757 g/mol. The molecule has 2 atom stereocenters. The van der Waals surface area contributed by atoms with Crippen LogP contribution in [0, 0.1) is 0 Å². The molecule has 4 N–H and O–H groups in total. The number of carbonyl (C=O) groups is 4. The van der Waals surface area contributed by atoms with Gasteiger partial charge in [-0.05, 0) is 88.6 Å². The molecule has 1 heterocycles. The summed E-state index contributed by atoms with van der Waals surface area (Å²) in [4.78, 5) is 52.9. The molecule has 1 aliphatic carbocycles. The number of benzene rings is 3. The molecule has 1 saturated heterocycles. The van der Waals surface area contributed by atoms with Gasteiger partial charge in [-0.3, -0.25) is 10.1 Å².